The molecule has 0 unspecified atom stereocenters. The summed E-state index contributed by atoms with van der Waals surface area (Å²) < 4.78 is 0. The molecule has 0 atom stereocenters. The number of anilines is 1. The van der Waals surface area contributed by atoms with E-state index in [1.807, 2.05) is 0 Å². The van der Waals surface area contributed by atoms with Crippen molar-refractivity contribution in [3.8, 4) is 0 Å². The van der Waals surface area contributed by atoms with Crippen molar-refractivity contribution in [2.75, 3.05) is 5.32 Å². The molecular weight excluding hydrogens is 228 g/mol. The maximum absolute atomic E-state index is 11.9. The van der Waals surface area contributed by atoms with Gasteiger partial charge >= 0.3 is 0 Å². The van der Waals surface area contributed by atoms with E-state index in [0.29, 0.717) is 16.8 Å². The number of rotatable bonds is 3. The molecule has 4 nitrogen and oxygen atoms in total. The summed E-state index contributed by atoms with van der Waals surface area (Å²) in [5.74, 6) is -0.281. The van der Waals surface area contributed by atoms with Crippen molar-refractivity contribution in [2.24, 2.45) is 0 Å². The first-order valence-electron chi connectivity index (χ1n) is 5.49. The number of ketones is 1. The van der Waals surface area contributed by atoms with E-state index in [1.54, 1.807) is 42.6 Å². The zero-order valence-electron chi connectivity index (χ0n) is 9.88. The molecule has 2 aromatic rings. The highest BCUT2D eigenvalue weighted by Crippen LogP contribution is 2.12. The van der Waals surface area contributed by atoms with Gasteiger partial charge in [0.1, 0.15) is 0 Å². The van der Waals surface area contributed by atoms with Crippen LogP contribution in [-0.4, -0.2) is 16.7 Å². The number of aromatic nitrogens is 1. The number of nitrogens with zero attached hydrogens (tertiary/aromatic N) is 1. The van der Waals surface area contributed by atoms with Gasteiger partial charge in [0.05, 0.1) is 5.56 Å². The third-order valence-corrected chi connectivity index (χ3v) is 2.45. The fourth-order valence-electron chi connectivity index (χ4n) is 1.52. The molecule has 0 aliphatic heterocycles. The minimum atomic E-state index is -0.246. The third kappa shape index (κ3) is 2.79. The van der Waals surface area contributed by atoms with E-state index in [9.17, 15) is 9.59 Å². The van der Waals surface area contributed by atoms with Crippen LogP contribution in [0.5, 0.6) is 0 Å². The van der Waals surface area contributed by atoms with Crippen LogP contribution in [0.2, 0.25) is 0 Å². The van der Waals surface area contributed by atoms with E-state index >= 15 is 0 Å². The molecule has 1 amide bonds. The molecule has 0 aliphatic carbocycles. The summed E-state index contributed by atoms with van der Waals surface area (Å²) in [6, 6.07) is 10.2. The SMILES string of the molecule is CC(=O)c1cccc(NC(=O)c2cccnc2)c1. The van der Waals surface area contributed by atoms with Crippen LogP contribution < -0.4 is 5.32 Å². The summed E-state index contributed by atoms with van der Waals surface area (Å²) >= 11 is 0. The average Bonchev–Trinajstić information content (AvgIpc) is 2.40. The van der Waals surface area contributed by atoms with Crippen LogP contribution in [0.4, 0.5) is 5.69 Å². The van der Waals surface area contributed by atoms with E-state index in [-0.39, 0.29) is 11.7 Å². The zero-order chi connectivity index (χ0) is 13.0. The van der Waals surface area contributed by atoms with E-state index < -0.39 is 0 Å². The molecule has 2 rings (SSSR count). The summed E-state index contributed by atoms with van der Waals surface area (Å²) in [4.78, 5) is 27.0. The molecule has 0 fully saturated rings. The van der Waals surface area contributed by atoms with Crippen molar-refractivity contribution >= 4 is 17.4 Å². The standard InChI is InChI=1S/C14H12N2O2/c1-10(17)11-4-2-6-13(8-11)16-14(18)12-5-3-7-15-9-12/h2-9H,1H3,(H,16,18). The summed E-state index contributed by atoms with van der Waals surface area (Å²) in [7, 11) is 0. The number of carbonyl (C=O) groups is 2. The van der Waals surface area contributed by atoms with Crippen molar-refractivity contribution < 1.29 is 9.59 Å². The largest absolute Gasteiger partial charge is 0.322 e. The van der Waals surface area contributed by atoms with E-state index in [1.165, 1.54) is 13.1 Å². The van der Waals surface area contributed by atoms with Crippen LogP contribution in [0.3, 0.4) is 0 Å². The Kier molecular flexibility index (Phi) is 3.48. The summed E-state index contributed by atoms with van der Waals surface area (Å²) in [6.07, 6.45) is 3.09. The van der Waals surface area contributed by atoms with Crippen LogP contribution in [0.15, 0.2) is 48.8 Å². The first kappa shape index (κ1) is 12.0. The van der Waals surface area contributed by atoms with Gasteiger partial charge in [-0.2, -0.15) is 0 Å². The Morgan fingerprint density at radius 1 is 1.11 bits per heavy atom. The molecule has 0 bridgehead atoms. The molecule has 0 saturated heterocycles. The molecule has 1 aromatic carbocycles. The highest BCUT2D eigenvalue weighted by molar-refractivity contribution is 6.04. The lowest BCUT2D eigenvalue weighted by Crippen LogP contribution is -2.12. The van der Waals surface area contributed by atoms with Crippen molar-refractivity contribution in [1.82, 2.24) is 4.98 Å². The normalized spacial score (nSPS) is 9.83. The van der Waals surface area contributed by atoms with Crippen molar-refractivity contribution in [3.05, 3.63) is 59.9 Å². The fourth-order valence-corrected chi connectivity index (χ4v) is 1.52. The summed E-state index contributed by atoms with van der Waals surface area (Å²) in [5, 5.41) is 2.72. The van der Waals surface area contributed by atoms with E-state index in [0.717, 1.165) is 0 Å². The van der Waals surface area contributed by atoms with Crippen molar-refractivity contribution in [2.45, 2.75) is 6.92 Å². The van der Waals surface area contributed by atoms with E-state index in [4.69, 9.17) is 0 Å². The van der Waals surface area contributed by atoms with Crippen LogP contribution >= 0.6 is 0 Å². The number of benzene rings is 1. The Balaban J connectivity index is 2.17. The second-order valence-corrected chi connectivity index (χ2v) is 3.83. The van der Waals surface area contributed by atoms with Gasteiger partial charge in [0.15, 0.2) is 5.78 Å². The number of hydrogen-bond donors (Lipinski definition) is 1. The Morgan fingerprint density at radius 3 is 2.56 bits per heavy atom. The predicted octanol–water partition coefficient (Wildman–Crippen LogP) is 2.54. The molecule has 18 heavy (non-hydrogen) atoms. The number of pyridine rings is 1. The number of nitrogens with one attached hydrogen (secondary N) is 1. The fraction of sp³-hybridized carbons (Fsp3) is 0.0714. The molecule has 0 radical (unpaired) electrons. The Hall–Kier alpha value is -2.49. The number of carbonyl (C=O) groups excluding carboxylic acids is 2. The molecule has 1 aromatic heterocycles. The third-order valence-electron chi connectivity index (χ3n) is 2.45. The lowest BCUT2D eigenvalue weighted by Gasteiger charge is -2.05. The molecule has 1 N–H and O–H groups in total. The van der Waals surface area contributed by atoms with E-state index in [2.05, 4.69) is 10.3 Å². The highest BCUT2D eigenvalue weighted by atomic mass is 16.1. The summed E-state index contributed by atoms with van der Waals surface area (Å²) in [6.45, 7) is 1.49. The van der Waals surface area contributed by atoms with Gasteiger partial charge in [0.25, 0.3) is 5.91 Å². The number of hydrogen-bond acceptors (Lipinski definition) is 3. The second-order valence-electron chi connectivity index (χ2n) is 3.83. The van der Waals surface area contributed by atoms with Gasteiger partial charge in [-0.1, -0.05) is 12.1 Å². The quantitative estimate of drug-likeness (QED) is 0.839. The monoisotopic (exact) mass is 240 g/mol. The van der Waals surface area contributed by atoms with Crippen LogP contribution in [0.1, 0.15) is 27.6 Å². The van der Waals surface area contributed by atoms with Crippen LogP contribution in [0.25, 0.3) is 0 Å². The maximum atomic E-state index is 11.9. The Labute approximate surface area is 105 Å². The van der Waals surface area contributed by atoms with Crippen molar-refractivity contribution in [3.63, 3.8) is 0 Å². The molecule has 90 valence electrons. The molecular formula is C14H12N2O2. The van der Waals surface area contributed by atoms with Gasteiger partial charge in [0.2, 0.25) is 0 Å². The topological polar surface area (TPSA) is 59.1 Å². The van der Waals surface area contributed by atoms with Gasteiger partial charge in [-0.25, -0.2) is 0 Å². The first-order valence-corrected chi connectivity index (χ1v) is 5.49. The van der Waals surface area contributed by atoms with Gasteiger partial charge < -0.3 is 5.32 Å². The summed E-state index contributed by atoms with van der Waals surface area (Å²) in [5.41, 5.74) is 1.64. The number of Topliss-reactive ketones (excluding diaryl/α,β-unsaturated/α-hetero) is 1. The molecule has 0 saturated carbocycles. The molecule has 1 heterocycles. The smallest absolute Gasteiger partial charge is 0.257 e. The highest BCUT2D eigenvalue weighted by Gasteiger charge is 2.06. The van der Waals surface area contributed by atoms with Crippen LogP contribution in [-0.2, 0) is 0 Å². The molecule has 4 heteroatoms. The lowest BCUT2D eigenvalue weighted by molar-refractivity contribution is 0.101. The molecule has 0 spiro atoms. The second kappa shape index (κ2) is 5.23. The van der Waals surface area contributed by atoms with Gasteiger partial charge in [-0.3, -0.25) is 14.6 Å². The zero-order valence-corrected chi connectivity index (χ0v) is 9.88. The van der Waals surface area contributed by atoms with Crippen molar-refractivity contribution in [1.29, 1.82) is 0 Å². The minimum Gasteiger partial charge on any atom is -0.322 e. The minimum absolute atomic E-state index is 0.0347. The number of amides is 1. The maximum Gasteiger partial charge on any atom is 0.257 e. The lowest BCUT2D eigenvalue weighted by atomic mass is 10.1. The average molecular weight is 240 g/mol. The van der Waals surface area contributed by atoms with Gasteiger partial charge in [-0.15, -0.1) is 0 Å². The van der Waals surface area contributed by atoms with Gasteiger partial charge in [0, 0.05) is 23.6 Å². The molecule has 0 aliphatic rings. The predicted molar refractivity (Wildman–Crippen MR) is 68.6 cm³/mol. The van der Waals surface area contributed by atoms with Crippen LogP contribution in [0, 0.1) is 0 Å². The Bertz CT molecular complexity index is 579. The Morgan fingerprint density at radius 2 is 1.89 bits per heavy atom. The first-order chi connectivity index (χ1) is 8.66. The van der Waals surface area contributed by atoms with Gasteiger partial charge in [-0.05, 0) is 31.2 Å².